The maximum absolute atomic E-state index is 11.8. The van der Waals surface area contributed by atoms with Gasteiger partial charge in [0, 0.05) is 28.9 Å². The van der Waals surface area contributed by atoms with E-state index in [2.05, 4.69) is 17.1 Å². The van der Waals surface area contributed by atoms with Gasteiger partial charge in [-0.2, -0.15) is 0 Å². The number of hydrogen-bond donors (Lipinski definition) is 3. The van der Waals surface area contributed by atoms with Gasteiger partial charge in [0.25, 0.3) is 0 Å². The van der Waals surface area contributed by atoms with Crippen LogP contribution in [-0.4, -0.2) is 24.8 Å². The molecule has 1 atom stereocenters. The van der Waals surface area contributed by atoms with Gasteiger partial charge in [-0.3, -0.25) is 0 Å². The van der Waals surface area contributed by atoms with Crippen molar-refractivity contribution in [3.63, 3.8) is 0 Å². The predicted molar refractivity (Wildman–Crippen MR) is 98.0 cm³/mol. The molecule has 0 fully saturated rings. The van der Waals surface area contributed by atoms with Crippen LogP contribution in [0, 0.1) is 0 Å². The highest BCUT2D eigenvalue weighted by molar-refractivity contribution is 7.90. The fourth-order valence-corrected chi connectivity index (χ4v) is 4.67. The van der Waals surface area contributed by atoms with E-state index in [-0.39, 0.29) is 17.5 Å². The van der Waals surface area contributed by atoms with Crippen LogP contribution in [0.15, 0.2) is 41.3 Å². The van der Waals surface area contributed by atoms with Crippen molar-refractivity contribution in [2.75, 3.05) is 6.26 Å². The molecule has 4 N–H and O–H groups in total. The number of aliphatic hydroxyl groups is 1. The molecule has 1 aliphatic rings. The van der Waals surface area contributed by atoms with Gasteiger partial charge in [-0.25, -0.2) is 8.42 Å². The number of sulfone groups is 1. The first kappa shape index (κ1) is 16.3. The number of aliphatic hydroxyl groups excluding tert-OH is 1. The molecular weight excluding hydrogens is 336 g/mol. The zero-order chi connectivity index (χ0) is 17.8. The number of nitrogens with two attached hydrogens (primary N) is 1. The van der Waals surface area contributed by atoms with E-state index >= 15 is 0 Å². The molecule has 1 aromatic heterocycles. The highest BCUT2D eigenvalue weighted by atomic mass is 32.2. The minimum atomic E-state index is -3.37. The Morgan fingerprint density at radius 2 is 2.04 bits per heavy atom. The van der Waals surface area contributed by atoms with Crippen LogP contribution in [0.4, 0.5) is 0 Å². The minimum absolute atomic E-state index is 0.104. The Balaban J connectivity index is 1.85. The smallest absolute Gasteiger partial charge is 0.175 e. The highest BCUT2D eigenvalue weighted by Crippen LogP contribution is 2.37. The summed E-state index contributed by atoms with van der Waals surface area (Å²) in [5, 5.41) is 10.7. The predicted octanol–water partition coefficient (Wildman–Crippen LogP) is 2.68. The number of aromatic nitrogens is 1. The average Bonchev–Trinajstić information content (AvgIpc) is 3.17. The molecule has 0 amide bonds. The molecule has 3 aromatic rings. The molecule has 0 unspecified atom stereocenters. The van der Waals surface area contributed by atoms with Crippen LogP contribution in [-0.2, 0) is 22.9 Å². The van der Waals surface area contributed by atoms with Gasteiger partial charge in [-0.05, 0) is 59.4 Å². The number of nitrogens with one attached hydrogen (secondary N) is 1. The summed E-state index contributed by atoms with van der Waals surface area (Å²) in [5.41, 5.74) is 11.9. The second kappa shape index (κ2) is 5.69. The second-order valence-electron chi connectivity index (χ2n) is 6.68. The number of rotatable bonds is 3. The summed E-state index contributed by atoms with van der Waals surface area (Å²) in [4.78, 5) is 3.56. The van der Waals surface area contributed by atoms with E-state index in [9.17, 15) is 13.5 Å². The quantitative estimate of drug-likeness (QED) is 0.672. The summed E-state index contributed by atoms with van der Waals surface area (Å²) in [7, 11) is -3.37. The van der Waals surface area contributed by atoms with E-state index in [0.717, 1.165) is 41.3 Å². The summed E-state index contributed by atoms with van der Waals surface area (Å²) < 4.78 is 23.7. The zero-order valence-corrected chi connectivity index (χ0v) is 14.7. The lowest BCUT2D eigenvalue weighted by atomic mass is 10.0. The van der Waals surface area contributed by atoms with Crippen molar-refractivity contribution < 1.29 is 13.5 Å². The maximum Gasteiger partial charge on any atom is 0.175 e. The van der Waals surface area contributed by atoms with Crippen molar-refractivity contribution in [1.29, 1.82) is 0 Å². The van der Waals surface area contributed by atoms with Crippen molar-refractivity contribution in [3.8, 4) is 11.3 Å². The largest absolute Gasteiger partial charge is 0.392 e. The summed E-state index contributed by atoms with van der Waals surface area (Å²) in [6.45, 7) is -0.319. The van der Waals surface area contributed by atoms with Gasteiger partial charge in [0.05, 0.1) is 11.5 Å². The van der Waals surface area contributed by atoms with Gasteiger partial charge >= 0.3 is 0 Å². The molecular formula is C19H20N2O3S. The molecule has 0 radical (unpaired) electrons. The van der Waals surface area contributed by atoms with Crippen LogP contribution >= 0.6 is 0 Å². The van der Waals surface area contributed by atoms with Crippen LogP contribution in [0.2, 0.25) is 0 Å². The SMILES string of the molecule is CS(=O)(=O)c1ccc(-c2cc3c4c(ccc3[nH]2)[C@@H](N)CC4)cc1CO. The van der Waals surface area contributed by atoms with Gasteiger partial charge in [0.15, 0.2) is 9.84 Å². The molecule has 0 aliphatic heterocycles. The van der Waals surface area contributed by atoms with Gasteiger partial charge in [-0.15, -0.1) is 0 Å². The summed E-state index contributed by atoms with van der Waals surface area (Å²) in [6, 6.07) is 11.4. The molecule has 130 valence electrons. The number of benzene rings is 2. The van der Waals surface area contributed by atoms with Crippen LogP contribution in [0.3, 0.4) is 0 Å². The van der Waals surface area contributed by atoms with Gasteiger partial charge < -0.3 is 15.8 Å². The molecule has 0 saturated carbocycles. The second-order valence-corrected chi connectivity index (χ2v) is 8.66. The van der Waals surface area contributed by atoms with Gasteiger partial charge in [0.2, 0.25) is 0 Å². The van der Waals surface area contributed by atoms with Crippen molar-refractivity contribution >= 4 is 20.7 Å². The molecule has 25 heavy (non-hydrogen) atoms. The Bertz CT molecular complexity index is 1080. The Hall–Kier alpha value is -2.15. The van der Waals surface area contributed by atoms with Crippen LogP contribution in [0.5, 0.6) is 0 Å². The Kier molecular flexibility index (Phi) is 3.72. The lowest BCUT2D eigenvalue weighted by Gasteiger charge is -2.07. The number of H-pyrrole nitrogens is 1. The first-order valence-electron chi connectivity index (χ1n) is 8.23. The van der Waals surface area contributed by atoms with Crippen LogP contribution < -0.4 is 5.73 Å². The topological polar surface area (TPSA) is 96.2 Å². The molecule has 1 aliphatic carbocycles. The van der Waals surface area contributed by atoms with Crippen molar-refractivity contribution in [3.05, 3.63) is 53.1 Å². The Morgan fingerprint density at radius 3 is 2.76 bits per heavy atom. The third-order valence-electron chi connectivity index (χ3n) is 5.00. The fourth-order valence-electron chi connectivity index (χ4n) is 3.75. The molecule has 0 spiro atoms. The monoisotopic (exact) mass is 356 g/mol. The van der Waals surface area contributed by atoms with E-state index < -0.39 is 9.84 Å². The first-order valence-corrected chi connectivity index (χ1v) is 10.1. The van der Waals surface area contributed by atoms with Crippen molar-refractivity contribution in [2.45, 2.75) is 30.4 Å². The number of aryl methyl sites for hydroxylation is 1. The molecule has 0 saturated heterocycles. The van der Waals surface area contributed by atoms with Crippen molar-refractivity contribution in [1.82, 2.24) is 4.98 Å². The van der Waals surface area contributed by atoms with E-state index in [4.69, 9.17) is 5.73 Å². The first-order chi connectivity index (χ1) is 11.9. The highest BCUT2D eigenvalue weighted by Gasteiger charge is 2.22. The van der Waals surface area contributed by atoms with E-state index in [1.54, 1.807) is 18.2 Å². The molecule has 5 nitrogen and oxygen atoms in total. The van der Waals surface area contributed by atoms with E-state index in [0.29, 0.717) is 5.56 Å². The average molecular weight is 356 g/mol. The third-order valence-corrected chi connectivity index (χ3v) is 6.19. The molecule has 4 rings (SSSR count). The lowest BCUT2D eigenvalue weighted by Crippen LogP contribution is -2.04. The Morgan fingerprint density at radius 1 is 1.24 bits per heavy atom. The summed E-state index contributed by atoms with van der Waals surface area (Å²) >= 11 is 0. The van der Waals surface area contributed by atoms with Crippen molar-refractivity contribution in [2.24, 2.45) is 5.73 Å². The van der Waals surface area contributed by atoms with Crippen LogP contribution in [0.1, 0.15) is 29.2 Å². The zero-order valence-electron chi connectivity index (χ0n) is 13.9. The summed E-state index contributed by atoms with van der Waals surface area (Å²) in [6.07, 6.45) is 3.09. The standard InChI is InChI=1S/C19H20N2O3S/c1-25(23,24)19-7-2-11(8-12(19)10-22)18-9-15-13-3-5-16(20)14(13)4-6-17(15)21-18/h2,4,6-9,16,21-22H,3,5,10,20H2,1H3/t16-/m0/s1. The fraction of sp³-hybridized carbons (Fsp3) is 0.263. The maximum atomic E-state index is 11.8. The molecule has 1 heterocycles. The molecule has 0 bridgehead atoms. The third kappa shape index (κ3) is 2.66. The summed E-state index contributed by atoms with van der Waals surface area (Å²) in [5.74, 6) is 0. The van der Waals surface area contributed by atoms with Gasteiger partial charge in [-0.1, -0.05) is 12.1 Å². The number of hydrogen-bond acceptors (Lipinski definition) is 4. The van der Waals surface area contributed by atoms with Crippen LogP contribution in [0.25, 0.3) is 22.2 Å². The minimum Gasteiger partial charge on any atom is -0.392 e. The van der Waals surface area contributed by atoms with E-state index in [1.165, 1.54) is 11.1 Å². The molecule has 2 aromatic carbocycles. The Labute approximate surface area is 146 Å². The van der Waals surface area contributed by atoms with E-state index in [1.807, 2.05) is 6.07 Å². The number of fused-ring (bicyclic) bond motifs is 3. The van der Waals surface area contributed by atoms with Gasteiger partial charge in [0.1, 0.15) is 0 Å². The molecule has 6 heteroatoms. The lowest BCUT2D eigenvalue weighted by molar-refractivity contribution is 0.278. The number of aromatic amines is 1. The normalized spacial score (nSPS) is 17.2.